The lowest BCUT2D eigenvalue weighted by molar-refractivity contribution is -0.0681. The summed E-state index contributed by atoms with van der Waals surface area (Å²) in [6.07, 6.45) is 7.55. The zero-order valence-electron chi connectivity index (χ0n) is 14.0. The molecule has 0 amide bonds. The van der Waals surface area contributed by atoms with Crippen molar-refractivity contribution in [1.29, 1.82) is 0 Å². The van der Waals surface area contributed by atoms with Crippen LogP contribution < -0.4 is 5.32 Å². The molecule has 2 fully saturated rings. The molecule has 0 bridgehead atoms. The predicted octanol–water partition coefficient (Wildman–Crippen LogP) is 3.04. The molecule has 1 aliphatic carbocycles. The molecule has 3 nitrogen and oxygen atoms in total. The molecule has 0 aromatic heterocycles. The van der Waals surface area contributed by atoms with Crippen molar-refractivity contribution in [3.8, 4) is 0 Å². The lowest BCUT2D eigenvalue weighted by atomic mass is 9.87. The Hall–Kier alpha value is -0.120. The van der Waals surface area contributed by atoms with Crippen LogP contribution in [-0.2, 0) is 4.74 Å². The van der Waals surface area contributed by atoms with E-state index >= 15 is 0 Å². The van der Waals surface area contributed by atoms with Crippen LogP contribution in [0.5, 0.6) is 0 Å². The third kappa shape index (κ3) is 4.71. The van der Waals surface area contributed by atoms with E-state index in [0.717, 1.165) is 19.1 Å². The summed E-state index contributed by atoms with van der Waals surface area (Å²) < 4.78 is 5.78. The van der Waals surface area contributed by atoms with Crippen molar-refractivity contribution >= 4 is 0 Å². The van der Waals surface area contributed by atoms with Crippen LogP contribution in [0.3, 0.4) is 0 Å². The summed E-state index contributed by atoms with van der Waals surface area (Å²) in [7, 11) is 0. The van der Waals surface area contributed by atoms with Gasteiger partial charge < -0.3 is 10.1 Å². The van der Waals surface area contributed by atoms with E-state index in [2.05, 4.69) is 37.9 Å². The highest BCUT2D eigenvalue weighted by Gasteiger charge is 2.33. The van der Waals surface area contributed by atoms with Gasteiger partial charge in [-0.25, -0.2) is 0 Å². The first-order valence-electron chi connectivity index (χ1n) is 8.58. The van der Waals surface area contributed by atoms with Gasteiger partial charge in [-0.1, -0.05) is 20.3 Å². The Morgan fingerprint density at radius 1 is 1.15 bits per heavy atom. The minimum absolute atomic E-state index is 0.399. The van der Waals surface area contributed by atoms with Crippen molar-refractivity contribution in [3.63, 3.8) is 0 Å². The molecular weight excluding hydrogens is 248 g/mol. The van der Waals surface area contributed by atoms with Crippen molar-refractivity contribution in [2.24, 2.45) is 5.41 Å². The van der Waals surface area contributed by atoms with Crippen LogP contribution in [0.2, 0.25) is 0 Å². The van der Waals surface area contributed by atoms with Crippen molar-refractivity contribution in [3.05, 3.63) is 0 Å². The second kappa shape index (κ2) is 7.24. The van der Waals surface area contributed by atoms with Gasteiger partial charge in [0.2, 0.25) is 0 Å². The maximum Gasteiger partial charge on any atom is 0.0678 e. The van der Waals surface area contributed by atoms with Gasteiger partial charge in [0.15, 0.2) is 0 Å². The Kier molecular flexibility index (Phi) is 5.88. The maximum atomic E-state index is 5.78. The second-order valence-electron chi connectivity index (χ2n) is 7.61. The zero-order valence-corrected chi connectivity index (χ0v) is 14.0. The Labute approximate surface area is 125 Å². The number of hydrogen-bond acceptors (Lipinski definition) is 3. The molecule has 0 spiro atoms. The monoisotopic (exact) mass is 282 g/mol. The van der Waals surface area contributed by atoms with Gasteiger partial charge >= 0.3 is 0 Å². The fourth-order valence-electron chi connectivity index (χ4n) is 3.91. The molecule has 1 N–H and O–H groups in total. The summed E-state index contributed by atoms with van der Waals surface area (Å²) in [5.41, 5.74) is 0.509. The fraction of sp³-hybridized carbons (Fsp3) is 1.00. The topological polar surface area (TPSA) is 24.5 Å². The molecule has 1 aliphatic heterocycles. The summed E-state index contributed by atoms with van der Waals surface area (Å²) in [6.45, 7) is 13.8. The third-order valence-electron chi connectivity index (χ3n) is 5.04. The minimum Gasteiger partial charge on any atom is -0.373 e. The van der Waals surface area contributed by atoms with E-state index in [1.807, 2.05) is 0 Å². The molecule has 2 aliphatic rings. The van der Waals surface area contributed by atoms with E-state index in [4.69, 9.17) is 4.74 Å². The first-order chi connectivity index (χ1) is 9.47. The molecule has 2 rings (SSSR count). The average Bonchev–Trinajstić information content (AvgIpc) is 2.67. The first-order valence-corrected chi connectivity index (χ1v) is 8.58. The van der Waals surface area contributed by atoms with Crippen molar-refractivity contribution < 1.29 is 4.74 Å². The van der Waals surface area contributed by atoms with Crippen LogP contribution in [0.1, 0.15) is 59.8 Å². The van der Waals surface area contributed by atoms with Crippen LogP contribution in [0.15, 0.2) is 0 Å². The summed E-state index contributed by atoms with van der Waals surface area (Å²) in [5, 5.41) is 3.78. The Morgan fingerprint density at radius 2 is 1.85 bits per heavy atom. The van der Waals surface area contributed by atoms with Gasteiger partial charge in [0.25, 0.3) is 0 Å². The number of morpholine rings is 1. The quantitative estimate of drug-likeness (QED) is 0.758. The van der Waals surface area contributed by atoms with E-state index in [1.165, 1.54) is 45.2 Å². The number of ether oxygens (including phenoxy) is 1. The van der Waals surface area contributed by atoms with E-state index in [1.54, 1.807) is 0 Å². The molecule has 3 atom stereocenters. The summed E-state index contributed by atoms with van der Waals surface area (Å²) >= 11 is 0. The lowest BCUT2D eigenvalue weighted by Gasteiger charge is -2.35. The van der Waals surface area contributed by atoms with Gasteiger partial charge in [-0.3, -0.25) is 4.90 Å². The Morgan fingerprint density at radius 3 is 2.45 bits per heavy atom. The molecule has 118 valence electrons. The summed E-state index contributed by atoms with van der Waals surface area (Å²) in [6, 6.07) is 0.742. The van der Waals surface area contributed by atoms with E-state index in [9.17, 15) is 0 Å². The minimum atomic E-state index is 0.399. The second-order valence-corrected chi connectivity index (χ2v) is 7.61. The van der Waals surface area contributed by atoms with E-state index in [0.29, 0.717) is 17.6 Å². The van der Waals surface area contributed by atoms with Crippen molar-refractivity contribution in [1.82, 2.24) is 10.2 Å². The molecular formula is C17H34N2O. The van der Waals surface area contributed by atoms with Gasteiger partial charge in [0.1, 0.15) is 0 Å². The molecule has 1 saturated carbocycles. The molecule has 0 radical (unpaired) electrons. The largest absolute Gasteiger partial charge is 0.373 e. The van der Waals surface area contributed by atoms with Gasteiger partial charge in [-0.05, 0) is 58.0 Å². The molecule has 0 aromatic rings. The summed E-state index contributed by atoms with van der Waals surface area (Å²) in [4.78, 5) is 2.57. The summed E-state index contributed by atoms with van der Waals surface area (Å²) in [5.74, 6) is 0. The highest BCUT2D eigenvalue weighted by atomic mass is 16.5. The fourth-order valence-corrected chi connectivity index (χ4v) is 3.91. The number of nitrogens with zero attached hydrogens (tertiary/aromatic N) is 1. The number of unbranched alkanes of at least 4 members (excludes halogenated alkanes) is 1. The van der Waals surface area contributed by atoms with Crippen molar-refractivity contribution in [2.45, 2.75) is 78.0 Å². The van der Waals surface area contributed by atoms with Gasteiger partial charge in [0.05, 0.1) is 12.2 Å². The predicted molar refractivity (Wildman–Crippen MR) is 85.1 cm³/mol. The van der Waals surface area contributed by atoms with Gasteiger partial charge in [-0.2, -0.15) is 0 Å². The van der Waals surface area contributed by atoms with Gasteiger partial charge in [0, 0.05) is 19.1 Å². The zero-order chi connectivity index (χ0) is 14.6. The van der Waals surface area contributed by atoms with Crippen LogP contribution >= 0.6 is 0 Å². The third-order valence-corrected chi connectivity index (χ3v) is 5.04. The van der Waals surface area contributed by atoms with Crippen LogP contribution in [0, 0.1) is 5.41 Å². The highest BCUT2D eigenvalue weighted by Crippen LogP contribution is 2.37. The number of rotatable bonds is 6. The van der Waals surface area contributed by atoms with E-state index < -0.39 is 0 Å². The van der Waals surface area contributed by atoms with E-state index in [-0.39, 0.29) is 0 Å². The molecule has 1 heterocycles. The van der Waals surface area contributed by atoms with Crippen LogP contribution in [0.25, 0.3) is 0 Å². The number of hydrogen-bond donors (Lipinski definition) is 1. The average molecular weight is 282 g/mol. The molecule has 20 heavy (non-hydrogen) atoms. The Bertz CT molecular complexity index is 283. The molecule has 3 heteroatoms. The Balaban J connectivity index is 1.55. The standard InChI is InChI=1S/C17H34N2O/c1-14-12-19(13-15(2)20-14)11-6-5-10-18-16-8-7-9-17(16,3)4/h14-16,18H,5-13H2,1-4H3/t14-,15+,16-/m1/s1. The molecule has 0 aromatic carbocycles. The molecule has 1 saturated heterocycles. The lowest BCUT2D eigenvalue weighted by Crippen LogP contribution is -2.45. The highest BCUT2D eigenvalue weighted by molar-refractivity contribution is 4.89. The van der Waals surface area contributed by atoms with Crippen molar-refractivity contribution in [2.75, 3.05) is 26.2 Å². The first kappa shape index (κ1) is 16.3. The smallest absolute Gasteiger partial charge is 0.0678 e. The maximum absolute atomic E-state index is 5.78. The molecule has 0 unspecified atom stereocenters. The van der Waals surface area contributed by atoms with Crippen LogP contribution in [-0.4, -0.2) is 49.3 Å². The number of nitrogens with one attached hydrogen (secondary N) is 1. The normalized spacial score (nSPS) is 34.5. The van der Waals surface area contributed by atoms with Crippen LogP contribution in [0.4, 0.5) is 0 Å². The van der Waals surface area contributed by atoms with Gasteiger partial charge in [-0.15, -0.1) is 0 Å². The SMILES string of the molecule is C[C@@H]1CN(CCCCN[C@@H]2CCCC2(C)C)C[C@H](C)O1.